The minimum Gasteiger partial charge on any atom is -0.378 e. The molecule has 0 spiro atoms. The van der Waals surface area contributed by atoms with Gasteiger partial charge in [0.15, 0.2) is 0 Å². The van der Waals surface area contributed by atoms with Crippen molar-refractivity contribution < 1.29 is 9.53 Å². The molecule has 1 aromatic heterocycles. The normalized spacial score (nSPS) is 17.9. The van der Waals surface area contributed by atoms with Crippen molar-refractivity contribution in [1.82, 2.24) is 14.9 Å². The summed E-state index contributed by atoms with van der Waals surface area (Å²) in [5.74, 6) is 0.0419. The minimum absolute atomic E-state index is 0.0419. The van der Waals surface area contributed by atoms with Gasteiger partial charge in [-0.2, -0.15) is 0 Å². The van der Waals surface area contributed by atoms with Crippen LogP contribution in [0.4, 0.5) is 0 Å². The van der Waals surface area contributed by atoms with Gasteiger partial charge in [0.25, 0.3) is 0 Å². The van der Waals surface area contributed by atoms with Crippen molar-refractivity contribution in [2.75, 3.05) is 13.2 Å². The molecule has 2 heterocycles. The number of para-hydroxylation sites is 2. The number of imidazole rings is 1. The highest BCUT2D eigenvalue weighted by Gasteiger charge is 2.14. The molecule has 118 valence electrons. The minimum atomic E-state index is 0.0419. The van der Waals surface area contributed by atoms with Gasteiger partial charge < -0.3 is 14.6 Å². The number of benzene rings is 1. The van der Waals surface area contributed by atoms with E-state index in [2.05, 4.69) is 10.3 Å². The number of unbranched alkanes of at least 4 members (excludes halogenated alkanes) is 1. The van der Waals surface area contributed by atoms with Gasteiger partial charge in [0, 0.05) is 13.2 Å². The summed E-state index contributed by atoms with van der Waals surface area (Å²) in [5, 5.41) is 2.98. The van der Waals surface area contributed by atoms with Gasteiger partial charge in [-0.3, -0.25) is 4.79 Å². The van der Waals surface area contributed by atoms with Crippen molar-refractivity contribution >= 4 is 16.9 Å². The van der Waals surface area contributed by atoms with E-state index in [0.29, 0.717) is 12.6 Å². The number of ether oxygens (including phenoxy) is 1. The molecule has 0 saturated carbocycles. The zero-order chi connectivity index (χ0) is 15.2. The average molecular weight is 301 g/mol. The van der Waals surface area contributed by atoms with Crippen LogP contribution < -0.4 is 5.32 Å². The predicted octanol–water partition coefficient (Wildman–Crippen LogP) is 2.50. The zero-order valence-corrected chi connectivity index (χ0v) is 12.8. The molecule has 0 radical (unpaired) electrons. The van der Waals surface area contributed by atoms with Crippen LogP contribution in [0, 0.1) is 0 Å². The second kappa shape index (κ2) is 7.40. The lowest BCUT2D eigenvalue weighted by Gasteiger charge is -2.09. The van der Waals surface area contributed by atoms with E-state index >= 15 is 0 Å². The Morgan fingerprint density at radius 1 is 1.36 bits per heavy atom. The van der Waals surface area contributed by atoms with E-state index in [1.807, 2.05) is 28.8 Å². The Hall–Kier alpha value is -1.88. The quantitative estimate of drug-likeness (QED) is 0.799. The van der Waals surface area contributed by atoms with Crippen molar-refractivity contribution in [1.29, 1.82) is 0 Å². The summed E-state index contributed by atoms with van der Waals surface area (Å²) in [5.41, 5.74) is 1.92. The second-order valence-electron chi connectivity index (χ2n) is 5.84. The molecule has 1 aliphatic heterocycles. The molecule has 1 amide bonds. The standard InChI is InChI=1S/C17H23N3O2/c21-17(18-10-4-3-6-14-7-5-11-22-14)12-20-13-19-15-8-1-2-9-16(15)20/h1-2,8-9,13-14H,3-7,10-12H2,(H,18,21)/t14-/m0/s1. The molecule has 1 aliphatic rings. The van der Waals surface area contributed by atoms with E-state index in [-0.39, 0.29) is 5.91 Å². The van der Waals surface area contributed by atoms with E-state index in [9.17, 15) is 4.79 Å². The molecular weight excluding hydrogens is 278 g/mol. The van der Waals surface area contributed by atoms with E-state index in [4.69, 9.17) is 4.74 Å². The van der Waals surface area contributed by atoms with Crippen molar-refractivity contribution in [3.8, 4) is 0 Å². The smallest absolute Gasteiger partial charge is 0.239 e. The molecule has 1 aromatic carbocycles. The molecule has 5 nitrogen and oxygen atoms in total. The van der Waals surface area contributed by atoms with Gasteiger partial charge >= 0.3 is 0 Å². The summed E-state index contributed by atoms with van der Waals surface area (Å²) < 4.78 is 7.48. The maximum atomic E-state index is 12.0. The molecule has 0 aliphatic carbocycles. The van der Waals surface area contributed by atoms with E-state index in [1.54, 1.807) is 6.33 Å². The van der Waals surface area contributed by atoms with Crippen LogP contribution in [0.2, 0.25) is 0 Å². The molecule has 1 fully saturated rings. The Morgan fingerprint density at radius 2 is 2.27 bits per heavy atom. The van der Waals surface area contributed by atoms with Gasteiger partial charge in [-0.15, -0.1) is 0 Å². The Bertz CT molecular complexity index is 617. The molecule has 1 atom stereocenters. The number of fused-ring (bicyclic) bond motifs is 1. The highest BCUT2D eigenvalue weighted by molar-refractivity contribution is 5.80. The zero-order valence-electron chi connectivity index (χ0n) is 12.8. The Kier molecular flexibility index (Phi) is 5.06. The molecule has 5 heteroatoms. The van der Waals surface area contributed by atoms with Crippen molar-refractivity contribution in [2.24, 2.45) is 0 Å². The highest BCUT2D eigenvalue weighted by atomic mass is 16.5. The van der Waals surface area contributed by atoms with Crippen LogP contribution in [0.25, 0.3) is 11.0 Å². The summed E-state index contributed by atoms with van der Waals surface area (Å²) in [6.45, 7) is 1.98. The molecule has 1 saturated heterocycles. The fourth-order valence-corrected chi connectivity index (χ4v) is 2.94. The third-order valence-electron chi connectivity index (χ3n) is 4.14. The van der Waals surface area contributed by atoms with Crippen LogP contribution in [0.15, 0.2) is 30.6 Å². The number of hydrogen-bond acceptors (Lipinski definition) is 3. The van der Waals surface area contributed by atoms with Crippen LogP contribution in [-0.2, 0) is 16.1 Å². The molecule has 1 N–H and O–H groups in total. The monoisotopic (exact) mass is 301 g/mol. The maximum Gasteiger partial charge on any atom is 0.239 e. The molecule has 0 unspecified atom stereocenters. The number of aromatic nitrogens is 2. The van der Waals surface area contributed by atoms with Crippen molar-refractivity contribution in [3.63, 3.8) is 0 Å². The van der Waals surface area contributed by atoms with Crippen LogP contribution >= 0.6 is 0 Å². The first-order valence-corrected chi connectivity index (χ1v) is 8.11. The first-order chi connectivity index (χ1) is 10.8. The molecule has 0 bridgehead atoms. The summed E-state index contributed by atoms with van der Waals surface area (Å²) in [6, 6.07) is 7.85. The molecule has 22 heavy (non-hydrogen) atoms. The van der Waals surface area contributed by atoms with E-state index in [0.717, 1.165) is 43.4 Å². The Morgan fingerprint density at radius 3 is 3.14 bits per heavy atom. The van der Waals surface area contributed by atoms with E-state index < -0.39 is 0 Å². The second-order valence-corrected chi connectivity index (χ2v) is 5.84. The number of carbonyl (C=O) groups is 1. The van der Waals surface area contributed by atoms with Gasteiger partial charge in [-0.05, 0) is 44.2 Å². The SMILES string of the molecule is O=C(Cn1cnc2ccccc21)NCCCC[C@H]1CCCO1. The van der Waals surface area contributed by atoms with Crippen molar-refractivity contribution in [2.45, 2.75) is 44.8 Å². The third kappa shape index (κ3) is 3.85. The summed E-state index contributed by atoms with van der Waals surface area (Å²) >= 11 is 0. The number of hydrogen-bond donors (Lipinski definition) is 1. The third-order valence-corrected chi connectivity index (χ3v) is 4.14. The number of rotatable bonds is 7. The number of nitrogens with zero attached hydrogens (tertiary/aromatic N) is 2. The molecule has 3 rings (SSSR count). The fourth-order valence-electron chi connectivity index (χ4n) is 2.94. The van der Waals surface area contributed by atoms with Gasteiger partial charge in [-0.1, -0.05) is 12.1 Å². The fraction of sp³-hybridized carbons (Fsp3) is 0.529. The predicted molar refractivity (Wildman–Crippen MR) is 85.6 cm³/mol. The Balaban J connectivity index is 1.37. The lowest BCUT2D eigenvalue weighted by molar-refractivity contribution is -0.121. The van der Waals surface area contributed by atoms with Crippen LogP contribution in [-0.4, -0.2) is 34.7 Å². The van der Waals surface area contributed by atoms with Crippen LogP contribution in [0.3, 0.4) is 0 Å². The maximum absolute atomic E-state index is 12.0. The summed E-state index contributed by atoms with van der Waals surface area (Å²) in [7, 11) is 0. The largest absolute Gasteiger partial charge is 0.378 e. The van der Waals surface area contributed by atoms with Gasteiger partial charge in [0.05, 0.1) is 23.5 Å². The number of amides is 1. The molecule has 2 aromatic rings. The van der Waals surface area contributed by atoms with Crippen molar-refractivity contribution in [3.05, 3.63) is 30.6 Å². The van der Waals surface area contributed by atoms with Gasteiger partial charge in [0.2, 0.25) is 5.91 Å². The van der Waals surface area contributed by atoms with Gasteiger partial charge in [0.1, 0.15) is 6.54 Å². The first kappa shape index (κ1) is 15.0. The summed E-state index contributed by atoms with van der Waals surface area (Å²) in [4.78, 5) is 16.3. The summed E-state index contributed by atoms with van der Waals surface area (Å²) in [6.07, 6.45) is 7.80. The first-order valence-electron chi connectivity index (χ1n) is 8.11. The van der Waals surface area contributed by atoms with Crippen LogP contribution in [0.5, 0.6) is 0 Å². The van der Waals surface area contributed by atoms with E-state index in [1.165, 1.54) is 12.8 Å². The Labute approximate surface area is 130 Å². The highest BCUT2D eigenvalue weighted by Crippen LogP contribution is 2.17. The topological polar surface area (TPSA) is 56.2 Å². The number of nitrogens with one attached hydrogen (secondary N) is 1. The molecular formula is C17H23N3O2. The average Bonchev–Trinajstić information content (AvgIpc) is 3.17. The number of carbonyl (C=O) groups excluding carboxylic acids is 1. The lowest BCUT2D eigenvalue weighted by Crippen LogP contribution is -2.28. The van der Waals surface area contributed by atoms with Gasteiger partial charge in [-0.25, -0.2) is 4.98 Å². The lowest BCUT2D eigenvalue weighted by atomic mass is 10.1. The van der Waals surface area contributed by atoms with Crippen LogP contribution in [0.1, 0.15) is 32.1 Å².